The van der Waals surface area contributed by atoms with E-state index in [1.54, 1.807) is 6.07 Å². The van der Waals surface area contributed by atoms with Crippen molar-refractivity contribution in [2.24, 2.45) is 5.16 Å². The Labute approximate surface area is 56.4 Å². The standard InChI is InChI=1S/C5H6N2OS/c6-5-4(3-7-8)1-2-9-5/h1-3,8H,6H2. The molecular formula is C5H6N2OS. The first-order valence-corrected chi connectivity index (χ1v) is 3.23. The van der Waals surface area contributed by atoms with Crippen LogP contribution in [0.5, 0.6) is 0 Å². The van der Waals surface area contributed by atoms with E-state index in [4.69, 9.17) is 10.9 Å². The van der Waals surface area contributed by atoms with Crippen LogP contribution in [-0.4, -0.2) is 11.4 Å². The number of thiophene rings is 1. The highest BCUT2D eigenvalue weighted by Gasteiger charge is 1.93. The molecule has 3 N–H and O–H groups in total. The predicted molar refractivity (Wildman–Crippen MR) is 38.1 cm³/mol. The van der Waals surface area contributed by atoms with Crippen molar-refractivity contribution in [3.05, 3.63) is 17.0 Å². The lowest BCUT2D eigenvalue weighted by Crippen LogP contribution is -1.84. The molecule has 0 atom stereocenters. The van der Waals surface area contributed by atoms with Crippen molar-refractivity contribution in [3.8, 4) is 0 Å². The number of hydrogen-bond donors (Lipinski definition) is 2. The molecule has 1 aromatic heterocycles. The predicted octanol–water partition coefficient (Wildman–Crippen LogP) is 1.14. The van der Waals surface area contributed by atoms with Crippen molar-refractivity contribution >= 4 is 22.6 Å². The summed E-state index contributed by atoms with van der Waals surface area (Å²) in [6.45, 7) is 0. The van der Waals surface area contributed by atoms with E-state index in [-0.39, 0.29) is 0 Å². The van der Waals surface area contributed by atoms with Crippen LogP contribution in [0.4, 0.5) is 5.00 Å². The topological polar surface area (TPSA) is 58.6 Å². The van der Waals surface area contributed by atoms with Gasteiger partial charge in [0.1, 0.15) is 0 Å². The first kappa shape index (κ1) is 6.10. The first-order valence-electron chi connectivity index (χ1n) is 2.35. The molecule has 0 aliphatic rings. The maximum atomic E-state index is 8.08. The van der Waals surface area contributed by atoms with Crippen molar-refractivity contribution in [2.45, 2.75) is 0 Å². The molecule has 9 heavy (non-hydrogen) atoms. The summed E-state index contributed by atoms with van der Waals surface area (Å²) >= 11 is 1.42. The molecule has 1 aromatic rings. The van der Waals surface area contributed by atoms with Crippen LogP contribution in [0.25, 0.3) is 0 Å². The fourth-order valence-corrected chi connectivity index (χ4v) is 1.12. The maximum Gasteiger partial charge on any atom is 0.0946 e. The Bertz CT molecular complexity index is 218. The Morgan fingerprint density at radius 1 is 1.78 bits per heavy atom. The van der Waals surface area contributed by atoms with Crippen molar-refractivity contribution < 1.29 is 5.21 Å². The van der Waals surface area contributed by atoms with Gasteiger partial charge in [0.2, 0.25) is 0 Å². The van der Waals surface area contributed by atoms with Crippen LogP contribution in [0.1, 0.15) is 5.56 Å². The molecule has 0 bridgehead atoms. The first-order chi connectivity index (χ1) is 4.34. The van der Waals surface area contributed by atoms with Gasteiger partial charge in [0, 0.05) is 5.56 Å². The summed E-state index contributed by atoms with van der Waals surface area (Å²) in [7, 11) is 0. The molecule has 0 unspecified atom stereocenters. The zero-order valence-corrected chi connectivity index (χ0v) is 5.43. The molecule has 0 aromatic carbocycles. The number of rotatable bonds is 1. The molecule has 4 heteroatoms. The van der Waals surface area contributed by atoms with Gasteiger partial charge in [-0.1, -0.05) is 5.16 Å². The van der Waals surface area contributed by atoms with Crippen LogP contribution < -0.4 is 5.73 Å². The number of oxime groups is 1. The van der Waals surface area contributed by atoms with E-state index >= 15 is 0 Å². The van der Waals surface area contributed by atoms with Crippen LogP contribution in [0.2, 0.25) is 0 Å². The van der Waals surface area contributed by atoms with Crippen LogP contribution in [0, 0.1) is 0 Å². The summed E-state index contributed by atoms with van der Waals surface area (Å²) in [5, 5.41) is 13.4. The van der Waals surface area contributed by atoms with Crippen LogP contribution >= 0.6 is 11.3 Å². The third-order valence-corrected chi connectivity index (χ3v) is 1.69. The van der Waals surface area contributed by atoms with Gasteiger partial charge < -0.3 is 10.9 Å². The van der Waals surface area contributed by atoms with Crippen LogP contribution in [-0.2, 0) is 0 Å². The number of anilines is 1. The van der Waals surface area contributed by atoms with Crippen molar-refractivity contribution in [3.63, 3.8) is 0 Å². The molecule has 0 radical (unpaired) electrons. The summed E-state index contributed by atoms with van der Waals surface area (Å²) in [5.74, 6) is 0. The van der Waals surface area contributed by atoms with E-state index in [9.17, 15) is 0 Å². The van der Waals surface area contributed by atoms with Gasteiger partial charge in [-0.05, 0) is 11.4 Å². The van der Waals surface area contributed by atoms with E-state index in [1.807, 2.05) is 5.38 Å². The lowest BCUT2D eigenvalue weighted by Gasteiger charge is -1.83. The minimum atomic E-state index is 0.674. The Kier molecular flexibility index (Phi) is 1.69. The Morgan fingerprint density at radius 3 is 3.00 bits per heavy atom. The molecule has 0 spiro atoms. The van der Waals surface area contributed by atoms with Crippen molar-refractivity contribution in [2.75, 3.05) is 5.73 Å². The van der Waals surface area contributed by atoms with Gasteiger partial charge >= 0.3 is 0 Å². The van der Waals surface area contributed by atoms with Crippen LogP contribution in [0.3, 0.4) is 0 Å². The minimum Gasteiger partial charge on any atom is -0.411 e. The van der Waals surface area contributed by atoms with Gasteiger partial charge in [-0.25, -0.2) is 0 Å². The Hall–Kier alpha value is -1.03. The third kappa shape index (κ3) is 1.20. The third-order valence-electron chi connectivity index (χ3n) is 0.924. The van der Waals surface area contributed by atoms with E-state index in [0.29, 0.717) is 5.00 Å². The van der Waals surface area contributed by atoms with E-state index in [1.165, 1.54) is 17.6 Å². The summed E-state index contributed by atoms with van der Waals surface area (Å²) in [5.41, 5.74) is 6.21. The second-order valence-corrected chi connectivity index (χ2v) is 2.43. The Balaban J connectivity index is 2.94. The largest absolute Gasteiger partial charge is 0.411 e. The smallest absolute Gasteiger partial charge is 0.0946 e. The molecule has 3 nitrogen and oxygen atoms in total. The molecule has 1 rings (SSSR count). The second-order valence-electron chi connectivity index (χ2n) is 1.48. The minimum absolute atomic E-state index is 0.674. The number of hydrogen-bond acceptors (Lipinski definition) is 4. The van der Waals surface area contributed by atoms with E-state index in [0.717, 1.165) is 5.56 Å². The lowest BCUT2D eigenvalue weighted by atomic mass is 10.3. The Morgan fingerprint density at radius 2 is 2.56 bits per heavy atom. The van der Waals surface area contributed by atoms with Crippen LogP contribution in [0.15, 0.2) is 16.6 Å². The normalized spacial score (nSPS) is 10.7. The van der Waals surface area contributed by atoms with Gasteiger partial charge in [-0.2, -0.15) is 0 Å². The van der Waals surface area contributed by atoms with Gasteiger partial charge in [-0.15, -0.1) is 11.3 Å². The van der Waals surface area contributed by atoms with Gasteiger partial charge in [0.15, 0.2) is 0 Å². The quantitative estimate of drug-likeness (QED) is 0.351. The molecule has 0 amide bonds. The summed E-state index contributed by atoms with van der Waals surface area (Å²) in [6.07, 6.45) is 1.31. The fraction of sp³-hybridized carbons (Fsp3) is 0. The molecule has 0 aliphatic heterocycles. The highest BCUT2D eigenvalue weighted by Crippen LogP contribution is 2.16. The fourth-order valence-electron chi connectivity index (χ4n) is 0.500. The maximum absolute atomic E-state index is 8.08. The van der Waals surface area contributed by atoms with Crippen molar-refractivity contribution in [1.82, 2.24) is 0 Å². The van der Waals surface area contributed by atoms with Gasteiger partial charge in [0.25, 0.3) is 0 Å². The SMILES string of the molecule is Nc1sccc1C=NO. The van der Waals surface area contributed by atoms with E-state index < -0.39 is 0 Å². The van der Waals surface area contributed by atoms with E-state index in [2.05, 4.69) is 5.16 Å². The number of nitrogens with two attached hydrogens (primary N) is 1. The molecule has 1 heterocycles. The van der Waals surface area contributed by atoms with Gasteiger partial charge in [-0.3, -0.25) is 0 Å². The summed E-state index contributed by atoms with van der Waals surface area (Å²) < 4.78 is 0. The summed E-state index contributed by atoms with van der Waals surface area (Å²) in [4.78, 5) is 0. The van der Waals surface area contributed by atoms with Gasteiger partial charge in [0.05, 0.1) is 11.2 Å². The summed E-state index contributed by atoms with van der Waals surface area (Å²) in [6, 6.07) is 1.79. The number of nitrogens with zero attached hydrogens (tertiary/aromatic N) is 1. The molecule has 0 saturated heterocycles. The molecular weight excluding hydrogens is 136 g/mol. The average molecular weight is 142 g/mol. The van der Waals surface area contributed by atoms with Crippen molar-refractivity contribution in [1.29, 1.82) is 0 Å². The zero-order valence-electron chi connectivity index (χ0n) is 4.61. The average Bonchev–Trinajstić information content (AvgIpc) is 2.18. The number of nitrogen functional groups attached to an aromatic ring is 1. The molecule has 48 valence electrons. The highest BCUT2D eigenvalue weighted by atomic mass is 32.1. The molecule has 0 aliphatic carbocycles. The molecule has 0 fully saturated rings. The molecule has 0 saturated carbocycles. The highest BCUT2D eigenvalue weighted by molar-refractivity contribution is 7.14. The second kappa shape index (κ2) is 2.50. The zero-order chi connectivity index (χ0) is 6.69. The lowest BCUT2D eigenvalue weighted by molar-refractivity contribution is 0.322. The monoisotopic (exact) mass is 142 g/mol.